The van der Waals surface area contributed by atoms with E-state index < -0.39 is 0 Å². The molecule has 1 fully saturated rings. The van der Waals surface area contributed by atoms with Crippen molar-refractivity contribution in [3.8, 4) is 0 Å². The van der Waals surface area contributed by atoms with E-state index in [1.165, 1.54) is 24.8 Å². The van der Waals surface area contributed by atoms with Gasteiger partial charge in [-0.15, -0.1) is 0 Å². The lowest BCUT2D eigenvalue weighted by Gasteiger charge is -2.35. The van der Waals surface area contributed by atoms with Gasteiger partial charge < -0.3 is 0 Å². The molecule has 15 heavy (non-hydrogen) atoms. The van der Waals surface area contributed by atoms with Gasteiger partial charge in [-0.05, 0) is 37.2 Å². The molecule has 0 saturated heterocycles. The first-order valence-corrected chi connectivity index (χ1v) is 6.36. The van der Waals surface area contributed by atoms with E-state index >= 15 is 0 Å². The third-order valence-corrected chi connectivity index (χ3v) is 3.33. The lowest BCUT2D eigenvalue weighted by atomic mass is 9.70. The van der Waals surface area contributed by atoms with E-state index in [-0.39, 0.29) is 0 Å². The molecule has 1 aliphatic carbocycles. The largest absolute Gasteiger partial charge is 0.0683 e. The topological polar surface area (TPSA) is 0 Å². The average molecular weight is 204 g/mol. The molecule has 84 valence electrons. The lowest BCUT2D eigenvalue weighted by molar-refractivity contribution is 0.256. The van der Waals surface area contributed by atoms with Crippen molar-refractivity contribution in [1.82, 2.24) is 0 Å². The summed E-state index contributed by atoms with van der Waals surface area (Å²) in [7, 11) is 0. The molecule has 0 aliphatic heterocycles. The van der Waals surface area contributed by atoms with E-state index in [2.05, 4.69) is 38.1 Å². The second-order valence-corrected chi connectivity index (χ2v) is 4.36. The molecule has 0 bridgehead atoms. The van der Waals surface area contributed by atoms with E-state index in [1.54, 1.807) is 5.56 Å². The molecule has 0 N–H and O–H groups in total. The van der Waals surface area contributed by atoms with Crippen molar-refractivity contribution in [2.75, 3.05) is 0 Å². The fourth-order valence-corrected chi connectivity index (χ4v) is 2.27. The van der Waals surface area contributed by atoms with Gasteiger partial charge in [-0.2, -0.15) is 0 Å². The van der Waals surface area contributed by atoms with Crippen molar-refractivity contribution in [2.24, 2.45) is 5.92 Å². The molecule has 1 aliphatic rings. The molecule has 0 aromatic heterocycles. The smallest absolute Gasteiger partial charge is 0.0157 e. The molecule has 0 amide bonds. The summed E-state index contributed by atoms with van der Waals surface area (Å²) in [6.07, 6.45) is 4.20. The van der Waals surface area contributed by atoms with Crippen LogP contribution in [0.5, 0.6) is 0 Å². The molecule has 1 aromatic carbocycles. The van der Waals surface area contributed by atoms with Gasteiger partial charge in [0.2, 0.25) is 0 Å². The fourth-order valence-electron chi connectivity index (χ4n) is 2.27. The maximum absolute atomic E-state index is 2.34. The van der Waals surface area contributed by atoms with Crippen LogP contribution in [0.3, 0.4) is 0 Å². The summed E-state index contributed by atoms with van der Waals surface area (Å²) in [6.45, 7) is 8.48. The summed E-state index contributed by atoms with van der Waals surface area (Å²) < 4.78 is 0. The van der Waals surface area contributed by atoms with Crippen LogP contribution < -0.4 is 0 Å². The Labute approximate surface area is 94.7 Å². The zero-order valence-corrected chi connectivity index (χ0v) is 10.6. The number of hydrogen-bond donors (Lipinski definition) is 0. The first kappa shape index (κ1) is 12.3. The molecule has 0 atom stereocenters. The van der Waals surface area contributed by atoms with E-state index in [0.717, 1.165) is 11.8 Å². The quantitative estimate of drug-likeness (QED) is 0.641. The molecule has 0 heteroatoms. The summed E-state index contributed by atoms with van der Waals surface area (Å²) in [5.41, 5.74) is 2.96. The van der Waals surface area contributed by atoms with Gasteiger partial charge in [0.25, 0.3) is 0 Å². The number of rotatable bonds is 2. The third kappa shape index (κ3) is 3.09. The summed E-state index contributed by atoms with van der Waals surface area (Å²) in [6, 6.07) is 8.99. The maximum Gasteiger partial charge on any atom is -0.0157 e. The highest BCUT2D eigenvalue weighted by Crippen LogP contribution is 2.43. The number of aryl methyl sites for hydroxylation is 1. The summed E-state index contributed by atoms with van der Waals surface area (Å²) in [4.78, 5) is 0. The normalized spacial score (nSPS) is 23.7. The molecule has 1 aromatic rings. The van der Waals surface area contributed by atoms with Crippen LogP contribution in [0.2, 0.25) is 0 Å². The zero-order chi connectivity index (χ0) is 11.3. The van der Waals surface area contributed by atoms with Crippen LogP contribution in [0.1, 0.15) is 57.1 Å². The van der Waals surface area contributed by atoms with Crippen molar-refractivity contribution in [2.45, 2.75) is 52.9 Å². The van der Waals surface area contributed by atoms with Crippen LogP contribution in [-0.4, -0.2) is 0 Å². The SMILES string of the molecule is CC.CCC1CC(c2cccc(C)c2)C1. The minimum atomic E-state index is 0.866. The Balaban J connectivity index is 0.000000531. The highest BCUT2D eigenvalue weighted by Gasteiger charge is 2.28. The van der Waals surface area contributed by atoms with Gasteiger partial charge >= 0.3 is 0 Å². The maximum atomic E-state index is 2.34. The second kappa shape index (κ2) is 5.95. The zero-order valence-electron chi connectivity index (χ0n) is 10.6. The fraction of sp³-hybridized carbons (Fsp3) is 0.600. The average Bonchev–Trinajstić information content (AvgIpc) is 2.19. The molecule has 1 saturated carbocycles. The molecule has 0 nitrogen and oxygen atoms in total. The van der Waals surface area contributed by atoms with Crippen molar-refractivity contribution in [1.29, 1.82) is 0 Å². The van der Waals surface area contributed by atoms with Crippen molar-refractivity contribution >= 4 is 0 Å². The molecular weight excluding hydrogens is 180 g/mol. The first-order valence-electron chi connectivity index (χ1n) is 6.36. The van der Waals surface area contributed by atoms with Gasteiger partial charge in [-0.1, -0.05) is 57.0 Å². The van der Waals surface area contributed by atoms with Crippen LogP contribution in [-0.2, 0) is 0 Å². The number of hydrogen-bond acceptors (Lipinski definition) is 0. The Kier molecular flexibility index (Phi) is 4.87. The minimum absolute atomic E-state index is 0.866. The molecule has 0 heterocycles. The van der Waals surface area contributed by atoms with Gasteiger partial charge in [0, 0.05) is 0 Å². The van der Waals surface area contributed by atoms with E-state index in [0.29, 0.717) is 0 Å². The Morgan fingerprint density at radius 2 is 1.87 bits per heavy atom. The van der Waals surface area contributed by atoms with Gasteiger partial charge in [0.1, 0.15) is 0 Å². The predicted octanol–water partition coefficient (Wildman–Crippen LogP) is 4.92. The Hall–Kier alpha value is -0.780. The van der Waals surface area contributed by atoms with Crippen LogP contribution >= 0.6 is 0 Å². The monoisotopic (exact) mass is 204 g/mol. The standard InChI is InChI=1S/C13H18.C2H6/c1-3-11-8-13(9-11)12-6-4-5-10(2)7-12;1-2/h4-7,11,13H,3,8-9H2,1-2H3;1-2H3. The summed E-state index contributed by atoms with van der Waals surface area (Å²) >= 11 is 0. The van der Waals surface area contributed by atoms with E-state index in [9.17, 15) is 0 Å². The predicted molar refractivity (Wildman–Crippen MR) is 68.3 cm³/mol. The third-order valence-electron chi connectivity index (χ3n) is 3.33. The molecule has 0 unspecified atom stereocenters. The van der Waals surface area contributed by atoms with Crippen LogP contribution in [0.25, 0.3) is 0 Å². The van der Waals surface area contributed by atoms with Gasteiger partial charge in [-0.25, -0.2) is 0 Å². The molecular formula is C15H24. The highest BCUT2D eigenvalue weighted by atomic mass is 14.3. The molecule has 2 rings (SSSR count). The van der Waals surface area contributed by atoms with Crippen molar-refractivity contribution < 1.29 is 0 Å². The van der Waals surface area contributed by atoms with Gasteiger partial charge in [-0.3, -0.25) is 0 Å². The van der Waals surface area contributed by atoms with E-state index in [4.69, 9.17) is 0 Å². The van der Waals surface area contributed by atoms with Crippen LogP contribution in [0.4, 0.5) is 0 Å². The first-order chi connectivity index (χ1) is 7.29. The van der Waals surface area contributed by atoms with Gasteiger partial charge in [0.05, 0.1) is 0 Å². The van der Waals surface area contributed by atoms with E-state index in [1.807, 2.05) is 13.8 Å². The molecule has 0 radical (unpaired) electrons. The summed E-state index contributed by atoms with van der Waals surface area (Å²) in [5, 5.41) is 0. The van der Waals surface area contributed by atoms with Crippen molar-refractivity contribution in [3.63, 3.8) is 0 Å². The minimum Gasteiger partial charge on any atom is -0.0683 e. The van der Waals surface area contributed by atoms with Crippen LogP contribution in [0.15, 0.2) is 24.3 Å². The second-order valence-electron chi connectivity index (χ2n) is 4.36. The number of benzene rings is 1. The molecule has 0 spiro atoms. The Morgan fingerprint density at radius 3 is 2.40 bits per heavy atom. The Morgan fingerprint density at radius 1 is 1.20 bits per heavy atom. The van der Waals surface area contributed by atoms with Crippen molar-refractivity contribution in [3.05, 3.63) is 35.4 Å². The van der Waals surface area contributed by atoms with Crippen LogP contribution in [0, 0.1) is 12.8 Å². The highest BCUT2D eigenvalue weighted by molar-refractivity contribution is 5.27. The lowest BCUT2D eigenvalue weighted by Crippen LogP contribution is -2.20. The Bertz CT molecular complexity index is 282. The summed E-state index contributed by atoms with van der Waals surface area (Å²) in [5.74, 6) is 1.87. The van der Waals surface area contributed by atoms with Gasteiger partial charge in [0.15, 0.2) is 0 Å².